The molecular formula is C9H17NO2S. The maximum Gasteiger partial charge on any atom is 0.150 e. The first-order valence-corrected chi connectivity index (χ1v) is 6.82. The Morgan fingerprint density at radius 1 is 1.23 bits per heavy atom. The van der Waals surface area contributed by atoms with Crippen molar-refractivity contribution in [3.63, 3.8) is 0 Å². The van der Waals surface area contributed by atoms with Gasteiger partial charge in [0.05, 0.1) is 11.5 Å². The summed E-state index contributed by atoms with van der Waals surface area (Å²) < 4.78 is 22.3. The third-order valence-corrected chi connectivity index (χ3v) is 5.13. The van der Waals surface area contributed by atoms with Gasteiger partial charge in [-0.25, -0.2) is 8.42 Å². The molecule has 3 nitrogen and oxygen atoms in total. The molecule has 0 amide bonds. The Morgan fingerprint density at radius 2 is 1.85 bits per heavy atom. The fourth-order valence-corrected chi connectivity index (χ4v) is 3.93. The second-order valence-electron chi connectivity index (χ2n) is 4.28. The number of hydrogen-bond donors (Lipinski definition) is 1. The zero-order chi connectivity index (χ0) is 9.47. The van der Waals surface area contributed by atoms with Gasteiger partial charge < -0.3 is 5.32 Å². The molecule has 0 radical (unpaired) electrons. The maximum absolute atomic E-state index is 11.2. The Labute approximate surface area is 79.8 Å². The van der Waals surface area contributed by atoms with E-state index in [0.29, 0.717) is 23.5 Å². The third-order valence-electron chi connectivity index (χ3n) is 3.42. The molecule has 0 spiro atoms. The second-order valence-corrected chi connectivity index (χ2v) is 6.59. The number of rotatable bonds is 2. The quantitative estimate of drug-likeness (QED) is 0.707. The fourth-order valence-electron chi connectivity index (χ4n) is 2.40. The summed E-state index contributed by atoms with van der Waals surface area (Å²) >= 11 is 0. The summed E-state index contributed by atoms with van der Waals surface area (Å²) in [5.74, 6) is 2.27. The highest BCUT2D eigenvalue weighted by Gasteiger charge is 2.43. The summed E-state index contributed by atoms with van der Waals surface area (Å²) in [5.41, 5.74) is 0. The van der Waals surface area contributed by atoms with Gasteiger partial charge in [0.1, 0.15) is 9.84 Å². The first-order chi connectivity index (χ1) is 6.12. The van der Waals surface area contributed by atoms with Gasteiger partial charge in [-0.1, -0.05) is 0 Å². The summed E-state index contributed by atoms with van der Waals surface area (Å²) in [5, 5.41) is 3.26. The van der Waals surface area contributed by atoms with Crippen molar-refractivity contribution in [2.24, 2.45) is 11.8 Å². The number of hydrogen-bond acceptors (Lipinski definition) is 3. The molecule has 2 atom stereocenters. The van der Waals surface area contributed by atoms with Crippen LogP contribution in [-0.4, -0.2) is 33.0 Å². The first kappa shape index (κ1) is 9.46. The molecule has 4 heteroatoms. The lowest BCUT2D eigenvalue weighted by Gasteiger charge is -2.21. The van der Waals surface area contributed by atoms with E-state index < -0.39 is 9.84 Å². The summed E-state index contributed by atoms with van der Waals surface area (Å²) in [7, 11) is -0.676. The van der Waals surface area contributed by atoms with Crippen molar-refractivity contribution in [3.8, 4) is 0 Å². The van der Waals surface area contributed by atoms with Gasteiger partial charge in [0.2, 0.25) is 0 Å². The predicted octanol–water partition coefficient (Wildman–Crippen LogP) is 0.419. The Hall–Kier alpha value is -0.0900. The summed E-state index contributed by atoms with van der Waals surface area (Å²) in [6, 6.07) is 0.672. The summed E-state index contributed by atoms with van der Waals surface area (Å²) in [4.78, 5) is 0. The van der Waals surface area contributed by atoms with Gasteiger partial charge in [-0.2, -0.15) is 0 Å². The van der Waals surface area contributed by atoms with E-state index in [2.05, 4.69) is 5.32 Å². The summed E-state index contributed by atoms with van der Waals surface area (Å²) in [6.45, 7) is 0. The maximum atomic E-state index is 11.2. The van der Waals surface area contributed by atoms with Gasteiger partial charge in [-0.05, 0) is 38.1 Å². The molecule has 0 bridgehead atoms. The van der Waals surface area contributed by atoms with Crippen LogP contribution >= 0.6 is 0 Å². The molecule has 0 aromatic carbocycles. The van der Waals surface area contributed by atoms with Gasteiger partial charge in [-0.15, -0.1) is 0 Å². The van der Waals surface area contributed by atoms with Gasteiger partial charge >= 0.3 is 0 Å². The Morgan fingerprint density at radius 3 is 2.31 bits per heavy atom. The first-order valence-electron chi connectivity index (χ1n) is 5.00. The minimum absolute atomic E-state index is 0.421. The van der Waals surface area contributed by atoms with Crippen LogP contribution in [0.25, 0.3) is 0 Å². The van der Waals surface area contributed by atoms with Crippen molar-refractivity contribution in [2.45, 2.75) is 25.3 Å². The minimum Gasteiger partial charge on any atom is -0.317 e. The van der Waals surface area contributed by atoms with Crippen molar-refractivity contribution in [3.05, 3.63) is 0 Å². The molecule has 2 aliphatic rings. The average Bonchev–Trinajstić information content (AvgIpc) is 2.83. The van der Waals surface area contributed by atoms with Crippen LogP contribution in [0.2, 0.25) is 0 Å². The highest BCUT2D eigenvalue weighted by Crippen LogP contribution is 2.42. The van der Waals surface area contributed by atoms with Crippen LogP contribution in [0.1, 0.15) is 19.3 Å². The van der Waals surface area contributed by atoms with Crippen LogP contribution in [0, 0.1) is 11.8 Å². The van der Waals surface area contributed by atoms with Crippen LogP contribution in [0.3, 0.4) is 0 Å². The molecular weight excluding hydrogens is 186 g/mol. The molecule has 1 saturated carbocycles. The van der Waals surface area contributed by atoms with E-state index in [1.54, 1.807) is 0 Å². The van der Waals surface area contributed by atoms with Crippen LogP contribution in [0.4, 0.5) is 0 Å². The van der Waals surface area contributed by atoms with Gasteiger partial charge in [0.15, 0.2) is 0 Å². The van der Waals surface area contributed by atoms with E-state index in [9.17, 15) is 8.42 Å². The number of sulfone groups is 1. The SMILES string of the molecule is CNC1CC1C1CCS(=O)(=O)CC1. The van der Waals surface area contributed by atoms with Crippen LogP contribution in [0.5, 0.6) is 0 Å². The fraction of sp³-hybridized carbons (Fsp3) is 1.00. The van der Waals surface area contributed by atoms with E-state index in [4.69, 9.17) is 0 Å². The Kier molecular flexibility index (Phi) is 2.36. The van der Waals surface area contributed by atoms with Gasteiger partial charge in [0, 0.05) is 6.04 Å². The molecule has 0 aromatic rings. The molecule has 13 heavy (non-hydrogen) atoms. The highest BCUT2D eigenvalue weighted by molar-refractivity contribution is 7.91. The van der Waals surface area contributed by atoms with E-state index in [-0.39, 0.29) is 0 Å². The second kappa shape index (κ2) is 3.24. The zero-order valence-corrected chi connectivity index (χ0v) is 8.81. The van der Waals surface area contributed by atoms with Crippen LogP contribution in [-0.2, 0) is 9.84 Å². The van der Waals surface area contributed by atoms with Crippen molar-refractivity contribution in [1.82, 2.24) is 5.32 Å². The Bertz CT molecular complexity index is 272. The normalized spacial score (nSPS) is 38.8. The minimum atomic E-state index is -2.67. The largest absolute Gasteiger partial charge is 0.317 e. The molecule has 1 N–H and O–H groups in total. The van der Waals surface area contributed by atoms with Gasteiger partial charge in [0.25, 0.3) is 0 Å². The van der Waals surface area contributed by atoms with Crippen LogP contribution < -0.4 is 5.32 Å². The lowest BCUT2D eigenvalue weighted by atomic mass is 9.97. The molecule has 1 aliphatic carbocycles. The molecule has 2 fully saturated rings. The smallest absolute Gasteiger partial charge is 0.150 e. The third kappa shape index (κ3) is 2.05. The number of nitrogens with one attached hydrogen (secondary N) is 1. The van der Waals surface area contributed by atoms with Crippen molar-refractivity contribution in [1.29, 1.82) is 0 Å². The molecule has 0 aromatic heterocycles. The highest BCUT2D eigenvalue weighted by atomic mass is 32.2. The van der Waals surface area contributed by atoms with Crippen molar-refractivity contribution >= 4 is 9.84 Å². The lowest BCUT2D eigenvalue weighted by Crippen LogP contribution is -2.26. The molecule has 76 valence electrons. The topological polar surface area (TPSA) is 46.2 Å². The monoisotopic (exact) mass is 203 g/mol. The average molecular weight is 203 g/mol. The molecule has 2 rings (SSSR count). The molecule has 2 unspecified atom stereocenters. The Balaban J connectivity index is 1.86. The van der Waals surface area contributed by atoms with Crippen LogP contribution in [0.15, 0.2) is 0 Å². The van der Waals surface area contributed by atoms with E-state index in [1.165, 1.54) is 6.42 Å². The lowest BCUT2D eigenvalue weighted by molar-refractivity contribution is 0.401. The van der Waals surface area contributed by atoms with E-state index >= 15 is 0 Å². The molecule has 1 heterocycles. The van der Waals surface area contributed by atoms with Crippen molar-refractivity contribution < 1.29 is 8.42 Å². The standard InChI is InChI=1S/C9H17NO2S/c1-10-9-6-8(9)7-2-4-13(11,12)5-3-7/h7-10H,2-6H2,1H3. The van der Waals surface area contributed by atoms with E-state index in [0.717, 1.165) is 18.8 Å². The summed E-state index contributed by atoms with van der Waals surface area (Å²) in [6.07, 6.45) is 3.04. The van der Waals surface area contributed by atoms with Gasteiger partial charge in [-0.3, -0.25) is 0 Å². The molecule has 1 aliphatic heterocycles. The molecule has 1 saturated heterocycles. The van der Waals surface area contributed by atoms with E-state index in [1.807, 2.05) is 7.05 Å². The predicted molar refractivity (Wildman–Crippen MR) is 52.3 cm³/mol. The zero-order valence-electron chi connectivity index (χ0n) is 7.99. The van der Waals surface area contributed by atoms with Crippen molar-refractivity contribution in [2.75, 3.05) is 18.6 Å².